The summed E-state index contributed by atoms with van der Waals surface area (Å²) in [5, 5.41) is 6.00. The van der Waals surface area contributed by atoms with E-state index in [1.807, 2.05) is 26.2 Å². The maximum Gasteiger partial charge on any atom is 0.291 e. The molecule has 0 unspecified atom stereocenters. The van der Waals surface area contributed by atoms with Crippen LogP contribution in [0, 0.1) is 0 Å². The number of methoxy groups -OCH3 is 2. The lowest BCUT2D eigenvalue weighted by atomic mass is 10.2. The SMILES string of the molecule is COc1cc2[nH]c3c(=O)n(CCCN(C)C)ncc3c2cc1OC. The number of benzene rings is 1. The zero-order valence-corrected chi connectivity index (χ0v) is 14.4. The molecular formula is C17H22N4O3. The molecule has 0 spiro atoms. The van der Waals surface area contributed by atoms with Gasteiger partial charge in [-0.15, -0.1) is 0 Å². The topological polar surface area (TPSA) is 72.4 Å². The molecule has 3 rings (SSSR count). The monoisotopic (exact) mass is 330 g/mol. The van der Waals surface area contributed by atoms with E-state index in [0.717, 1.165) is 29.3 Å². The van der Waals surface area contributed by atoms with Crippen molar-refractivity contribution in [2.75, 3.05) is 34.9 Å². The largest absolute Gasteiger partial charge is 0.493 e. The van der Waals surface area contributed by atoms with E-state index in [2.05, 4.69) is 15.0 Å². The lowest BCUT2D eigenvalue weighted by Gasteiger charge is -2.09. The number of aromatic nitrogens is 3. The van der Waals surface area contributed by atoms with Crippen LogP contribution in [0.3, 0.4) is 0 Å². The van der Waals surface area contributed by atoms with Crippen LogP contribution < -0.4 is 15.0 Å². The first kappa shape index (κ1) is 16.3. The molecule has 128 valence electrons. The maximum atomic E-state index is 12.7. The molecular weight excluding hydrogens is 308 g/mol. The van der Waals surface area contributed by atoms with Crippen molar-refractivity contribution in [3.8, 4) is 11.5 Å². The summed E-state index contributed by atoms with van der Waals surface area (Å²) < 4.78 is 12.2. The molecule has 0 saturated heterocycles. The summed E-state index contributed by atoms with van der Waals surface area (Å²) in [5.74, 6) is 1.25. The third kappa shape index (κ3) is 2.82. The molecule has 2 aromatic heterocycles. The molecule has 7 heteroatoms. The van der Waals surface area contributed by atoms with Crippen molar-refractivity contribution >= 4 is 21.8 Å². The third-order valence-electron chi connectivity index (χ3n) is 4.09. The first-order valence-corrected chi connectivity index (χ1v) is 7.83. The van der Waals surface area contributed by atoms with Crippen LogP contribution in [0.1, 0.15) is 6.42 Å². The quantitative estimate of drug-likeness (QED) is 0.747. The Hall–Kier alpha value is -2.54. The van der Waals surface area contributed by atoms with E-state index >= 15 is 0 Å². The van der Waals surface area contributed by atoms with Crippen LogP contribution in [0.5, 0.6) is 11.5 Å². The molecule has 2 heterocycles. The Bertz CT molecular complexity index is 927. The van der Waals surface area contributed by atoms with Crippen LogP contribution in [0.25, 0.3) is 21.8 Å². The highest BCUT2D eigenvalue weighted by molar-refractivity contribution is 6.07. The summed E-state index contributed by atoms with van der Waals surface area (Å²) in [6.45, 7) is 1.50. The fraction of sp³-hybridized carbons (Fsp3) is 0.412. The molecule has 0 saturated carbocycles. The normalized spacial score (nSPS) is 11.5. The number of aromatic amines is 1. The van der Waals surface area contributed by atoms with Crippen molar-refractivity contribution in [3.05, 3.63) is 28.7 Å². The van der Waals surface area contributed by atoms with E-state index in [9.17, 15) is 4.79 Å². The van der Waals surface area contributed by atoms with E-state index < -0.39 is 0 Å². The maximum absolute atomic E-state index is 12.7. The molecule has 1 aromatic carbocycles. The van der Waals surface area contributed by atoms with Crippen LogP contribution in [0.15, 0.2) is 23.1 Å². The highest BCUT2D eigenvalue weighted by Crippen LogP contribution is 2.34. The van der Waals surface area contributed by atoms with E-state index in [-0.39, 0.29) is 5.56 Å². The second-order valence-electron chi connectivity index (χ2n) is 6.00. The fourth-order valence-electron chi connectivity index (χ4n) is 2.85. The molecule has 0 amide bonds. The number of aryl methyl sites for hydroxylation is 1. The average Bonchev–Trinajstić information content (AvgIpc) is 2.93. The van der Waals surface area contributed by atoms with E-state index in [0.29, 0.717) is 23.6 Å². The number of hydrogen-bond acceptors (Lipinski definition) is 5. The third-order valence-corrected chi connectivity index (χ3v) is 4.09. The Morgan fingerprint density at radius 3 is 2.54 bits per heavy atom. The lowest BCUT2D eigenvalue weighted by Crippen LogP contribution is -2.25. The van der Waals surface area contributed by atoms with Gasteiger partial charge in [-0.25, -0.2) is 4.68 Å². The van der Waals surface area contributed by atoms with Gasteiger partial charge in [0.2, 0.25) is 0 Å². The van der Waals surface area contributed by atoms with Gasteiger partial charge in [-0.05, 0) is 33.1 Å². The van der Waals surface area contributed by atoms with Crippen LogP contribution >= 0.6 is 0 Å². The fourth-order valence-corrected chi connectivity index (χ4v) is 2.85. The highest BCUT2D eigenvalue weighted by Gasteiger charge is 2.14. The first-order valence-electron chi connectivity index (χ1n) is 7.83. The van der Waals surface area contributed by atoms with Crippen molar-refractivity contribution in [3.63, 3.8) is 0 Å². The van der Waals surface area contributed by atoms with Gasteiger partial charge in [0, 0.05) is 23.4 Å². The zero-order valence-electron chi connectivity index (χ0n) is 14.4. The molecule has 7 nitrogen and oxygen atoms in total. The number of rotatable bonds is 6. The second-order valence-corrected chi connectivity index (χ2v) is 6.00. The number of nitrogens with one attached hydrogen (secondary N) is 1. The van der Waals surface area contributed by atoms with Gasteiger partial charge < -0.3 is 19.4 Å². The van der Waals surface area contributed by atoms with Crippen molar-refractivity contribution in [2.24, 2.45) is 0 Å². The van der Waals surface area contributed by atoms with Gasteiger partial charge in [-0.3, -0.25) is 4.79 Å². The van der Waals surface area contributed by atoms with Crippen LogP contribution in [0.2, 0.25) is 0 Å². The predicted molar refractivity (Wildman–Crippen MR) is 94.1 cm³/mol. The van der Waals surface area contributed by atoms with E-state index in [1.165, 1.54) is 4.68 Å². The van der Waals surface area contributed by atoms with E-state index in [4.69, 9.17) is 9.47 Å². The molecule has 0 aliphatic carbocycles. The van der Waals surface area contributed by atoms with Crippen molar-refractivity contribution in [1.29, 1.82) is 0 Å². The average molecular weight is 330 g/mol. The number of H-pyrrole nitrogens is 1. The summed E-state index contributed by atoms with van der Waals surface area (Å²) in [6.07, 6.45) is 2.60. The van der Waals surface area contributed by atoms with Gasteiger partial charge in [0.1, 0.15) is 5.52 Å². The minimum atomic E-state index is -0.111. The Morgan fingerprint density at radius 1 is 1.17 bits per heavy atom. The smallest absolute Gasteiger partial charge is 0.291 e. The number of ether oxygens (including phenoxy) is 2. The number of fused-ring (bicyclic) bond motifs is 3. The Labute approximate surface area is 139 Å². The summed E-state index contributed by atoms with van der Waals surface area (Å²) >= 11 is 0. The van der Waals surface area contributed by atoms with Crippen molar-refractivity contribution in [1.82, 2.24) is 19.7 Å². The molecule has 3 aromatic rings. The summed E-state index contributed by atoms with van der Waals surface area (Å²) in [7, 11) is 7.20. The molecule has 0 fully saturated rings. The predicted octanol–water partition coefficient (Wildman–Crippen LogP) is 1.85. The van der Waals surface area contributed by atoms with Gasteiger partial charge in [-0.1, -0.05) is 0 Å². The van der Waals surface area contributed by atoms with Gasteiger partial charge in [0.05, 0.1) is 25.9 Å². The molecule has 0 aliphatic heterocycles. The van der Waals surface area contributed by atoms with Gasteiger partial charge in [0.25, 0.3) is 5.56 Å². The van der Waals surface area contributed by atoms with Gasteiger partial charge in [0.15, 0.2) is 11.5 Å². The summed E-state index contributed by atoms with van der Waals surface area (Å²) in [6, 6.07) is 3.70. The Kier molecular flexibility index (Phi) is 4.44. The second kappa shape index (κ2) is 6.52. The minimum absolute atomic E-state index is 0.111. The molecule has 24 heavy (non-hydrogen) atoms. The lowest BCUT2D eigenvalue weighted by molar-refractivity contribution is 0.356. The molecule has 1 N–H and O–H groups in total. The van der Waals surface area contributed by atoms with Crippen LogP contribution in [-0.4, -0.2) is 54.5 Å². The number of nitrogens with zero attached hydrogens (tertiary/aromatic N) is 3. The Balaban J connectivity index is 2.08. The zero-order chi connectivity index (χ0) is 17.3. The van der Waals surface area contributed by atoms with Crippen molar-refractivity contribution < 1.29 is 9.47 Å². The van der Waals surface area contributed by atoms with E-state index in [1.54, 1.807) is 20.4 Å². The molecule has 0 bridgehead atoms. The molecule has 0 atom stereocenters. The summed E-state index contributed by atoms with van der Waals surface area (Å²) in [4.78, 5) is 18.0. The summed E-state index contributed by atoms with van der Waals surface area (Å²) in [5.41, 5.74) is 1.27. The minimum Gasteiger partial charge on any atom is -0.493 e. The van der Waals surface area contributed by atoms with Crippen LogP contribution in [0.4, 0.5) is 0 Å². The van der Waals surface area contributed by atoms with Gasteiger partial charge >= 0.3 is 0 Å². The number of hydrogen-bond donors (Lipinski definition) is 1. The highest BCUT2D eigenvalue weighted by atomic mass is 16.5. The molecule has 0 radical (unpaired) electrons. The van der Waals surface area contributed by atoms with Crippen molar-refractivity contribution in [2.45, 2.75) is 13.0 Å². The standard InChI is InChI=1S/C17H22N4O3/c1-20(2)6-5-7-21-17(22)16-12(10-18-21)11-8-14(23-3)15(24-4)9-13(11)19-16/h8-10,19H,5-7H2,1-4H3. The first-order chi connectivity index (χ1) is 11.5. The molecule has 0 aliphatic rings. The van der Waals surface area contributed by atoms with Crippen LogP contribution in [-0.2, 0) is 6.54 Å². The Morgan fingerprint density at radius 2 is 1.88 bits per heavy atom. The van der Waals surface area contributed by atoms with Gasteiger partial charge in [-0.2, -0.15) is 5.10 Å².